The molecule has 5 rings (SSSR count). The van der Waals surface area contributed by atoms with Crippen molar-refractivity contribution >= 4 is 11.7 Å². The molecule has 5 nitrogen and oxygen atoms in total. The standard InChI is InChI=1S/C29H45NO4/c1-17(2)24-16-26(34-30-24)29(6,32)25-10-9-22-21-8-7-19-15-20(33-18(3)31)11-13-27(19,4)23(21)12-14-28(22,25)5/h7,17,20-23,25-26,32H,8-16H2,1-6H3/t20-,21?,22?,23?,25?,26+,27-,28-,29+/m0/s1. The Morgan fingerprint density at radius 2 is 1.94 bits per heavy atom. The molecule has 0 amide bonds. The van der Waals surface area contributed by atoms with Crippen molar-refractivity contribution in [3.8, 4) is 0 Å². The van der Waals surface area contributed by atoms with Gasteiger partial charge in [-0.25, -0.2) is 0 Å². The van der Waals surface area contributed by atoms with E-state index in [-0.39, 0.29) is 34.9 Å². The molecular formula is C29H45NO4. The van der Waals surface area contributed by atoms with Crippen LogP contribution < -0.4 is 0 Å². The average molecular weight is 472 g/mol. The normalized spacial score (nSPS) is 45.3. The molecule has 0 saturated heterocycles. The predicted octanol–water partition coefficient (Wildman–Crippen LogP) is 6.05. The fraction of sp³-hybridized carbons (Fsp3) is 0.862. The number of allylic oxidation sites excluding steroid dienone is 1. The molecule has 0 aromatic heterocycles. The van der Waals surface area contributed by atoms with Crippen molar-refractivity contribution in [2.24, 2.45) is 45.6 Å². The molecule has 1 aliphatic heterocycles. The highest BCUT2D eigenvalue weighted by atomic mass is 16.7. The van der Waals surface area contributed by atoms with E-state index in [0.717, 1.165) is 44.2 Å². The molecule has 0 aromatic rings. The van der Waals surface area contributed by atoms with Gasteiger partial charge in [0, 0.05) is 19.8 Å². The van der Waals surface area contributed by atoms with Gasteiger partial charge >= 0.3 is 5.97 Å². The van der Waals surface area contributed by atoms with Crippen LogP contribution in [0.4, 0.5) is 0 Å². The molecule has 0 bridgehead atoms. The molecule has 1 N–H and O–H groups in total. The number of aliphatic hydroxyl groups is 1. The predicted molar refractivity (Wildman–Crippen MR) is 133 cm³/mol. The van der Waals surface area contributed by atoms with Gasteiger partial charge in [0.2, 0.25) is 0 Å². The number of oxime groups is 1. The van der Waals surface area contributed by atoms with Crippen LogP contribution >= 0.6 is 0 Å². The summed E-state index contributed by atoms with van der Waals surface area (Å²) in [4.78, 5) is 17.4. The zero-order valence-corrected chi connectivity index (χ0v) is 22.1. The van der Waals surface area contributed by atoms with E-state index in [1.807, 2.05) is 6.92 Å². The number of esters is 1. The first-order valence-corrected chi connectivity index (χ1v) is 13.8. The second-order valence-corrected chi connectivity index (χ2v) is 13.2. The van der Waals surface area contributed by atoms with E-state index in [0.29, 0.717) is 23.7 Å². The number of carbonyl (C=O) groups is 1. The Hall–Kier alpha value is -1.36. The third kappa shape index (κ3) is 3.67. The van der Waals surface area contributed by atoms with Gasteiger partial charge in [0.15, 0.2) is 6.10 Å². The summed E-state index contributed by atoms with van der Waals surface area (Å²) in [6, 6.07) is 0. The number of rotatable bonds is 4. The monoisotopic (exact) mass is 471 g/mol. The van der Waals surface area contributed by atoms with Crippen LogP contribution in [0.5, 0.6) is 0 Å². The summed E-state index contributed by atoms with van der Waals surface area (Å²) in [5.41, 5.74) is 2.13. The number of hydrogen-bond donors (Lipinski definition) is 1. The maximum atomic E-state index is 11.9. The highest BCUT2D eigenvalue weighted by Gasteiger charge is 2.63. The van der Waals surface area contributed by atoms with Crippen LogP contribution in [0.2, 0.25) is 0 Å². The molecule has 4 unspecified atom stereocenters. The molecule has 5 heteroatoms. The first kappa shape index (κ1) is 24.3. The first-order chi connectivity index (χ1) is 16.0. The van der Waals surface area contributed by atoms with Crippen LogP contribution in [0.3, 0.4) is 0 Å². The maximum Gasteiger partial charge on any atom is 0.302 e. The Bertz CT molecular complexity index is 891. The largest absolute Gasteiger partial charge is 0.462 e. The van der Waals surface area contributed by atoms with Gasteiger partial charge in [0.05, 0.1) is 5.71 Å². The van der Waals surface area contributed by atoms with Crippen molar-refractivity contribution in [3.05, 3.63) is 11.6 Å². The van der Waals surface area contributed by atoms with Crippen molar-refractivity contribution < 1.29 is 19.5 Å². The molecule has 34 heavy (non-hydrogen) atoms. The van der Waals surface area contributed by atoms with E-state index in [4.69, 9.17) is 9.57 Å². The Morgan fingerprint density at radius 3 is 2.62 bits per heavy atom. The topological polar surface area (TPSA) is 68.1 Å². The van der Waals surface area contributed by atoms with Crippen LogP contribution in [0.1, 0.15) is 99.3 Å². The Kier molecular flexibility index (Phi) is 5.98. The molecule has 1 heterocycles. The van der Waals surface area contributed by atoms with E-state index < -0.39 is 5.60 Å². The fourth-order valence-electron chi connectivity index (χ4n) is 9.20. The average Bonchev–Trinajstić information content (AvgIpc) is 3.39. The Balaban J connectivity index is 1.35. The first-order valence-electron chi connectivity index (χ1n) is 13.8. The van der Waals surface area contributed by atoms with Crippen molar-refractivity contribution in [3.63, 3.8) is 0 Å². The molecule has 0 spiro atoms. The Morgan fingerprint density at radius 1 is 1.18 bits per heavy atom. The zero-order valence-electron chi connectivity index (χ0n) is 22.1. The molecule has 190 valence electrons. The SMILES string of the molecule is CC(=O)O[C@H]1CC[C@@]2(C)C(=CCC3C4CCC([C@@](C)(O)[C@H]5CC(C(C)C)=NO5)[C@@]4(C)CCC32)C1. The van der Waals surface area contributed by atoms with Crippen LogP contribution in [0, 0.1) is 40.4 Å². The lowest BCUT2D eigenvalue weighted by atomic mass is 9.46. The summed E-state index contributed by atoms with van der Waals surface area (Å²) < 4.78 is 5.60. The van der Waals surface area contributed by atoms with Gasteiger partial charge in [-0.2, -0.15) is 0 Å². The molecule has 3 saturated carbocycles. The van der Waals surface area contributed by atoms with Gasteiger partial charge in [0.1, 0.15) is 11.7 Å². The van der Waals surface area contributed by atoms with Crippen molar-refractivity contribution in [2.75, 3.05) is 0 Å². The number of fused-ring (bicyclic) bond motifs is 5. The smallest absolute Gasteiger partial charge is 0.302 e. The molecule has 0 aromatic carbocycles. The van der Waals surface area contributed by atoms with Crippen molar-refractivity contribution in [1.29, 1.82) is 0 Å². The van der Waals surface area contributed by atoms with Crippen LogP contribution in [0.15, 0.2) is 16.8 Å². The van der Waals surface area contributed by atoms with Gasteiger partial charge in [-0.15, -0.1) is 0 Å². The van der Waals surface area contributed by atoms with Gasteiger partial charge in [0.25, 0.3) is 0 Å². The minimum atomic E-state index is -0.863. The third-order valence-corrected chi connectivity index (χ3v) is 11.1. The summed E-state index contributed by atoms with van der Waals surface area (Å²) >= 11 is 0. The van der Waals surface area contributed by atoms with Crippen LogP contribution in [-0.4, -0.2) is 34.6 Å². The summed E-state index contributed by atoms with van der Waals surface area (Å²) in [6.07, 6.45) is 11.9. The molecule has 9 atom stereocenters. The van der Waals surface area contributed by atoms with E-state index in [2.05, 4.69) is 38.9 Å². The molecule has 0 radical (unpaired) electrons. The number of hydrogen-bond acceptors (Lipinski definition) is 5. The summed E-state index contributed by atoms with van der Waals surface area (Å²) in [6.45, 7) is 12.8. The highest BCUT2D eigenvalue weighted by molar-refractivity contribution is 5.87. The van der Waals surface area contributed by atoms with Gasteiger partial charge in [-0.05, 0) is 92.3 Å². The van der Waals surface area contributed by atoms with E-state index in [1.165, 1.54) is 31.8 Å². The van der Waals surface area contributed by atoms with Gasteiger partial charge in [-0.3, -0.25) is 4.79 Å². The molecule has 3 fully saturated rings. The van der Waals surface area contributed by atoms with Gasteiger partial charge in [-0.1, -0.05) is 44.5 Å². The van der Waals surface area contributed by atoms with Gasteiger partial charge < -0.3 is 14.7 Å². The lowest BCUT2D eigenvalue weighted by Crippen LogP contribution is -2.55. The van der Waals surface area contributed by atoms with Crippen molar-refractivity contribution in [1.82, 2.24) is 0 Å². The number of nitrogens with zero attached hydrogens (tertiary/aromatic N) is 1. The second-order valence-electron chi connectivity index (χ2n) is 13.2. The number of carbonyl (C=O) groups excluding carboxylic acids is 1. The third-order valence-electron chi connectivity index (χ3n) is 11.1. The molecule has 4 aliphatic carbocycles. The van der Waals surface area contributed by atoms with E-state index in [1.54, 1.807) is 0 Å². The lowest BCUT2D eigenvalue weighted by molar-refractivity contribution is -0.159. The van der Waals surface area contributed by atoms with Crippen molar-refractivity contribution in [2.45, 2.75) is 117 Å². The molecular weight excluding hydrogens is 426 g/mol. The highest BCUT2D eigenvalue weighted by Crippen LogP contribution is 2.68. The van der Waals surface area contributed by atoms with Crippen LogP contribution in [0.25, 0.3) is 0 Å². The fourth-order valence-corrected chi connectivity index (χ4v) is 9.20. The number of ether oxygens (including phenoxy) is 1. The quantitative estimate of drug-likeness (QED) is 0.400. The van der Waals surface area contributed by atoms with Crippen LogP contribution in [-0.2, 0) is 14.4 Å². The summed E-state index contributed by atoms with van der Waals surface area (Å²) in [5, 5.41) is 16.2. The summed E-state index contributed by atoms with van der Waals surface area (Å²) in [7, 11) is 0. The lowest BCUT2D eigenvalue weighted by Gasteiger charge is -2.59. The van der Waals surface area contributed by atoms with E-state index >= 15 is 0 Å². The Labute approximate surface area is 205 Å². The summed E-state index contributed by atoms with van der Waals surface area (Å²) in [5.74, 6) is 2.49. The molecule has 5 aliphatic rings. The zero-order chi connectivity index (χ0) is 24.5. The van der Waals surface area contributed by atoms with E-state index in [9.17, 15) is 9.90 Å². The second kappa shape index (κ2) is 8.35. The minimum Gasteiger partial charge on any atom is -0.462 e. The minimum absolute atomic E-state index is 0.0533. The maximum absolute atomic E-state index is 11.9.